The fourth-order valence-corrected chi connectivity index (χ4v) is 1.20. The molecule has 0 radical (unpaired) electrons. The van der Waals surface area contributed by atoms with Gasteiger partial charge in [-0.3, -0.25) is 0 Å². The predicted octanol–water partition coefficient (Wildman–Crippen LogP) is 2.75. The zero-order valence-electron chi connectivity index (χ0n) is 7.94. The highest BCUT2D eigenvalue weighted by atomic mass is 35.5. The molecule has 3 heteroatoms. The summed E-state index contributed by atoms with van der Waals surface area (Å²) in [4.78, 5) is 2.01. The van der Waals surface area contributed by atoms with E-state index in [1.165, 1.54) is 5.54 Å². The largest absolute Gasteiger partial charge is 0.371 e. The number of hydrogen-bond acceptors (Lipinski definition) is 2. The number of anilines is 1. The molecule has 0 spiro atoms. The van der Waals surface area contributed by atoms with E-state index in [1.54, 1.807) is 6.07 Å². The Morgan fingerprint density at radius 1 is 1.57 bits per heavy atom. The Bertz CT molecular complexity index is 366. The molecule has 0 atom stereocenters. The van der Waals surface area contributed by atoms with E-state index < -0.39 is 0 Å². The lowest BCUT2D eigenvalue weighted by molar-refractivity contribution is 1.03. The zero-order chi connectivity index (χ0) is 10.4. The summed E-state index contributed by atoms with van der Waals surface area (Å²) in [6.45, 7) is 0.735. The maximum Gasteiger partial charge on any atom is 0.0992 e. The van der Waals surface area contributed by atoms with E-state index in [1.807, 2.05) is 36.2 Å². The highest BCUT2D eigenvalue weighted by Gasteiger charge is 1.98. The van der Waals surface area contributed by atoms with Crippen LogP contribution < -0.4 is 4.90 Å². The second-order valence-electron chi connectivity index (χ2n) is 2.90. The maximum absolute atomic E-state index is 8.72. The lowest BCUT2D eigenvalue weighted by Crippen LogP contribution is -2.16. The quantitative estimate of drug-likeness (QED) is 0.761. The minimum Gasteiger partial charge on any atom is -0.371 e. The summed E-state index contributed by atoms with van der Waals surface area (Å²) in [6.07, 6.45) is 1.85. The Hall–Kier alpha value is -1.46. The molecule has 0 N–H and O–H groups in total. The van der Waals surface area contributed by atoms with Crippen LogP contribution in [0.2, 0.25) is 0 Å². The van der Waals surface area contributed by atoms with Gasteiger partial charge >= 0.3 is 0 Å². The standard InChI is InChI=1S/C11H11ClN2/c1-14(7-3-6-12)11-5-2-4-10(8-11)9-13/h2-6,8H,7H2,1H3. The number of hydrogen-bond donors (Lipinski definition) is 0. The third-order valence-electron chi connectivity index (χ3n) is 1.88. The molecule has 0 aromatic heterocycles. The van der Waals surface area contributed by atoms with Gasteiger partial charge in [0, 0.05) is 24.8 Å². The van der Waals surface area contributed by atoms with Crippen LogP contribution in [0.4, 0.5) is 5.69 Å². The average molecular weight is 207 g/mol. The fourth-order valence-electron chi connectivity index (χ4n) is 1.12. The SMILES string of the molecule is CN(CC=CCl)c1cccc(C#N)c1. The van der Waals surface area contributed by atoms with E-state index >= 15 is 0 Å². The molecule has 0 saturated carbocycles. The van der Waals surface area contributed by atoms with E-state index in [0.29, 0.717) is 5.56 Å². The van der Waals surface area contributed by atoms with Gasteiger partial charge in [-0.2, -0.15) is 5.26 Å². The van der Waals surface area contributed by atoms with Gasteiger partial charge in [0.25, 0.3) is 0 Å². The van der Waals surface area contributed by atoms with Crippen molar-refractivity contribution in [2.75, 3.05) is 18.5 Å². The molecular weight excluding hydrogens is 196 g/mol. The van der Waals surface area contributed by atoms with Crippen LogP contribution in [0.3, 0.4) is 0 Å². The first-order chi connectivity index (χ1) is 6.77. The summed E-state index contributed by atoms with van der Waals surface area (Å²) in [5, 5.41) is 8.72. The highest BCUT2D eigenvalue weighted by molar-refractivity contribution is 6.25. The normalized spacial score (nSPS) is 10.1. The van der Waals surface area contributed by atoms with Gasteiger partial charge in [0.1, 0.15) is 0 Å². The average Bonchev–Trinajstić information content (AvgIpc) is 2.26. The van der Waals surface area contributed by atoms with Gasteiger partial charge in [-0.05, 0) is 18.2 Å². The molecule has 0 unspecified atom stereocenters. The van der Waals surface area contributed by atoms with Crippen molar-refractivity contribution in [1.82, 2.24) is 0 Å². The van der Waals surface area contributed by atoms with Crippen LogP contribution in [0, 0.1) is 11.3 Å². The second-order valence-corrected chi connectivity index (χ2v) is 3.16. The van der Waals surface area contributed by atoms with Gasteiger partial charge in [0.05, 0.1) is 11.6 Å². The van der Waals surface area contributed by atoms with Gasteiger partial charge in [0.2, 0.25) is 0 Å². The van der Waals surface area contributed by atoms with Gasteiger partial charge in [0.15, 0.2) is 0 Å². The Labute approximate surface area is 89.0 Å². The zero-order valence-corrected chi connectivity index (χ0v) is 8.70. The lowest BCUT2D eigenvalue weighted by atomic mass is 10.2. The molecule has 14 heavy (non-hydrogen) atoms. The van der Waals surface area contributed by atoms with Gasteiger partial charge < -0.3 is 4.90 Å². The number of nitrogens with zero attached hydrogens (tertiary/aromatic N) is 2. The van der Waals surface area contributed by atoms with Crippen molar-refractivity contribution in [3.8, 4) is 6.07 Å². The lowest BCUT2D eigenvalue weighted by Gasteiger charge is -2.16. The molecule has 0 aliphatic rings. The predicted molar refractivity (Wildman–Crippen MR) is 59.4 cm³/mol. The minimum atomic E-state index is 0.671. The monoisotopic (exact) mass is 206 g/mol. The molecule has 0 aliphatic heterocycles. The molecule has 0 aliphatic carbocycles. The summed E-state index contributed by atoms with van der Waals surface area (Å²) in [5.74, 6) is 0. The van der Waals surface area contributed by atoms with Crippen molar-refractivity contribution in [2.45, 2.75) is 0 Å². The summed E-state index contributed by atoms with van der Waals surface area (Å²) in [7, 11) is 1.95. The number of benzene rings is 1. The Balaban J connectivity index is 2.80. The molecule has 0 heterocycles. The van der Waals surface area contributed by atoms with Crippen molar-refractivity contribution in [2.24, 2.45) is 0 Å². The maximum atomic E-state index is 8.72. The van der Waals surface area contributed by atoms with Crippen LogP contribution >= 0.6 is 11.6 Å². The van der Waals surface area contributed by atoms with Crippen molar-refractivity contribution in [3.63, 3.8) is 0 Å². The highest BCUT2D eigenvalue weighted by Crippen LogP contribution is 2.13. The smallest absolute Gasteiger partial charge is 0.0992 e. The first-order valence-corrected chi connectivity index (χ1v) is 4.68. The van der Waals surface area contributed by atoms with E-state index in [0.717, 1.165) is 12.2 Å². The Morgan fingerprint density at radius 3 is 3.00 bits per heavy atom. The topological polar surface area (TPSA) is 27.0 Å². The molecule has 0 saturated heterocycles. The third kappa shape index (κ3) is 2.79. The molecule has 2 nitrogen and oxygen atoms in total. The van der Waals surface area contributed by atoms with Crippen molar-refractivity contribution < 1.29 is 0 Å². The van der Waals surface area contributed by atoms with Crippen LogP contribution in [0.15, 0.2) is 35.9 Å². The van der Waals surface area contributed by atoms with Crippen molar-refractivity contribution in [3.05, 3.63) is 41.4 Å². The van der Waals surface area contributed by atoms with Crippen LogP contribution in [0.5, 0.6) is 0 Å². The summed E-state index contributed by atoms with van der Waals surface area (Å²) in [5.41, 5.74) is 3.17. The van der Waals surface area contributed by atoms with Gasteiger partial charge in [-0.25, -0.2) is 0 Å². The van der Waals surface area contributed by atoms with Crippen molar-refractivity contribution in [1.29, 1.82) is 5.26 Å². The second kappa shape index (κ2) is 5.31. The molecule has 72 valence electrons. The van der Waals surface area contributed by atoms with Crippen molar-refractivity contribution >= 4 is 17.3 Å². The van der Waals surface area contributed by atoms with E-state index in [4.69, 9.17) is 16.9 Å². The first kappa shape index (κ1) is 10.6. The van der Waals surface area contributed by atoms with Crippen LogP contribution in [0.1, 0.15) is 5.56 Å². The Morgan fingerprint density at radius 2 is 2.36 bits per heavy atom. The number of nitriles is 1. The first-order valence-electron chi connectivity index (χ1n) is 4.24. The molecule has 0 bridgehead atoms. The molecule has 0 amide bonds. The molecular formula is C11H11ClN2. The third-order valence-corrected chi connectivity index (χ3v) is 2.06. The van der Waals surface area contributed by atoms with E-state index in [2.05, 4.69) is 6.07 Å². The van der Waals surface area contributed by atoms with Crippen LogP contribution in [-0.2, 0) is 0 Å². The summed E-state index contributed by atoms with van der Waals surface area (Å²) >= 11 is 5.43. The fraction of sp³-hybridized carbons (Fsp3) is 0.182. The summed E-state index contributed by atoms with van der Waals surface area (Å²) in [6, 6.07) is 9.57. The van der Waals surface area contributed by atoms with Gasteiger partial charge in [-0.15, -0.1) is 0 Å². The van der Waals surface area contributed by atoms with E-state index in [-0.39, 0.29) is 0 Å². The van der Waals surface area contributed by atoms with Gasteiger partial charge in [-0.1, -0.05) is 23.7 Å². The molecule has 1 rings (SSSR count). The molecule has 1 aromatic rings. The van der Waals surface area contributed by atoms with E-state index in [9.17, 15) is 0 Å². The Kier molecular flexibility index (Phi) is 4.03. The number of likely N-dealkylation sites (N-methyl/N-ethyl adjacent to an activating group) is 1. The van der Waals surface area contributed by atoms with Crippen LogP contribution in [0.25, 0.3) is 0 Å². The minimum absolute atomic E-state index is 0.671. The molecule has 1 aromatic carbocycles. The number of halogens is 1. The summed E-state index contributed by atoms with van der Waals surface area (Å²) < 4.78 is 0. The molecule has 0 fully saturated rings. The van der Waals surface area contributed by atoms with Crippen LogP contribution in [-0.4, -0.2) is 13.6 Å². The number of rotatable bonds is 3.